The van der Waals surface area contributed by atoms with Crippen LogP contribution in [0.1, 0.15) is 0 Å². The van der Waals surface area contributed by atoms with Crippen molar-refractivity contribution in [2.45, 2.75) is 0 Å². The quantitative estimate of drug-likeness (QED) is 0.176. The van der Waals surface area contributed by atoms with Gasteiger partial charge in [0.2, 0.25) is 0 Å². The summed E-state index contributed by atoms with van der Waals surface area (Å²) >= 11 is 0. The van der Waals surface area contributed by atoms with Crippen LogP contribution in [0.3, 0.4) is 0 Å². The van der Waals surface area contributed by atoms with Crippen LogP contribution >= 0.6 is 0 Å². The molecule has 0 bridgehead atoms. The average Bonchev–Trinajstić information content (AvgIpc) is 3.17. The smallest absolute Gasteiger partial charge is 0.00923 e. The Morgan fingerprint density at radius 1 is 0.188 bits per heavy atom. The molecule has 10 aromatic carbocycles. The van der Waals surface area contributed by atoms with E-state index in [0.29, 0.717) is 0 Å². The summed E-state index contributed by atoms with van der Waals surface area (Å²) in [5, 5.41) is 15.4. The Morgan fingerprint density at radius 2 is 0.583 bits per heavy atom. The van der Waals surface area contributed by atoms with Crippen molar-refractivity contribution in [1.82, 2.24) is 0 Å². The van der Waals surface area contributed by atoms with Crippen molar-refractivity contribution >= 4 is 64.6 Å². The molecule has 0 nitrogen and oxygen atoms in total. The molecule has 0 aliphatic heterocycles. The van der Waals surface area contributed by atoms with Gasteiger partial charge in [-0.05, 0) is 116 Å². The van der Waals surface area contributed by atoms with E-state index in [1.807, 2.05) is 0 Å². The van der Waals surface area contributed by atoms with Crippen LogP contribution in [0.5, 0.6) is 0 Å². The topological polar surface area (TPSA) is 0 Å². The third-order valence-electron chi connectivity index (χ3n) is 10.2. The normalized spacial score (nSPS) is 11.8. The lowest BCUT2D eigenvalue weighted by Gasteiger charge is -2.17. The monoisotopic (exact) mass is 606 g/mol. The second-order valence-electron chi connectivity index (χ2n) is 12.8. The molecule has 0 atom stereocenters. The summed E-state index contributed by atoms with van der Waals surface area (Å²) in [5.41, 5.74) is 7.54. The molecule has 0 saturated heterocycles. The minimum atomic E-state index is 1.23. The second-order valence-corrected chi connectivity index (χ2v) is 12.8. The van der Waals surface area contributed by atoms with Gasteiger partial charge in [0.25, 0.3) is 0 Å². The molecule has 222 valence electrons. The largest absolute Gasteiger partial charge is 0.0616 e. The fourth-order valence-corrected chi connectivity index (χ4v) is 8.00. The summed E-state index contributed by atoms with van der Waals surface area (Å²) in [6.45, 7) is 0. The van der Waals surface area contributed by atoms with Gasteiger partial charge in [0.15, 0.2) is 0 Å². The van der Waals surface area contributed by atoms with Gasteiger partial charge in [0.1, 0.15) is 0 Å². The Morgan fingerprint density at radius 3 is 1.19 bits per heavy atom. The Labute approximate surface area is 279 Å². The fraction of sp³-hybridized carbons (Fsp3) is 0. The highest BCUT2D eigenvalue weighted by molar-refractivity contribution is 6.24. The van der Waals surface area contributed by atoms with Crippen LogP contribution in [0.25, 0.3) is 98.0 Å². The van der Waals surface area contributed by atoms with Gasteiger partial charge in [-0.2, -0.15) is 0 Å². The van der Waals surface area contributed by atoms with E-state index >= 15 is 0 Å². The maximum Gasteiger partial charge on any atom is -0.00923 e. The number of fused-ring (bicyclic) bond motifs is 9. The Kier molecular flexibility index (Phi) is 5.98. The van der Waals surface area contributed by atoms with E-state index < -0.39 is 0 Å². The molecular formula is C48H30. The third-order valence-corrected chi connectivity index (χ3v) is 10.2. The number of benzene rings is 10. The van der Waals surface area contributed by atoms with Crippen LogP contribution in [0, 0.1) is 0 Å². The van der Waals surface area contributed by atoms with Crippen LogP contribution in [0.15, 0.2) is 182 Å². The van der Waals surface area contributed by atoms with Crippen LogP contribution in [0.4, 0.5) is 0 Å². The Hall–Kier alpha value is -6.24. The van der Waals surface area contributed by atoms with Crippen molar-refractivity contribution in [3.63, 3.8) is 0 Å². The molecule has 0 aliphatic carbocycles. The van der Waals surface area contributed by atoms with E-state index in [-0.39, 0.29) is 0 Å². The van der Waals surface area contributed by atoms with Gasteiger partial charge in [-0.1, -0.05) is 164 Å². The van der Waals surface area contributed by atoms with Gasteiger partial charge in [-0.15, -0.1) is 0 Å². The average molecular weight is 607 g/mol. The molecule has 0 saturated carbocycles. The zero-order chi connectivity index (χ0) is 31.6. The lowest BCUT2D eigenvalue weighted by Crippen LogP contribution is -1.90. The maximum atomic E-state index is 2.43. The first-order chi connectivity index (χ1) is 23.8. The molecule has 0 aromatic heterocycles. The van der Waals surface area contributed by atoms with Gasteiger partial charge >= 0.3 is 0 Å². The van der Waals surface area contributed by atoms with Crippen molar-refractivity contribution in [1.29, 1.82) is 0 Å². The van der Waals surface area contributed by atoms with Crippen molar-refractivity contribution in [3.8, 4) is 33.4 Å². The van der Waals surface area contributed by atoms with Gasteiger partial charge in [0, 0.05) is 0 Å². The van der Waals surface area contributed by atoms with Crippen LogP contribution in [-0.4, -0.2) is 0 Å². The molecule has 0 spiro atoms. The lowest BCUT2D eigenvalue weighted by molar-refractivity contribution is 1.64. The number of hydrogen-bond donors (Lipinski definition) is 0. The molecule has 0 heterocycles. The summed E-state index contributed by atoms with van der Waals surface area (Å²) in [4.78, 5) is 0. The van der Waals surface area contributed by atoms with Crippen molar-refractivity contribution < 1.29 is 0 Å². The van der Waals surface area contributed by atoms with Gasteiger partial charge < -0.3 is 0 Å². The van der Waals surface area contributed by atoms with E-state index in [2.05, 4.69) is 182 Å². The number of rotatable bonds is 3. The summed E-state index contributed by atoms with van der Waals surface area (Å²) < 4.78 is 0. The van der Waals surface area contributed by atoms with Crippen LogP contribution < -0.4 is 0 Å². The maximum absolute atomic E-state index is 2.43. The Bertz CT molecular complexity index is 2870. The van der Waals surface area contributed by atoms with Gasteiger partial charge in [-0.3, -0.25) is 0 Å². The molecule has 0 heteroatoms. The summed E-state index contributed by atoms with van der Waals surface area (Å²) in [6, 6.07) is 67.1. The minimum Gasteiger partial charge on any atom is -0.0616 e. The zero-order valence-electron chi connectivity index (χ0n) is 26.3. The molecule has 48 heavy (non-hydrogen) atoms. The van der Waals surface area contributed by atoms with Crippen molar-refractivity contribution in [2.24, 2.45) is 0 Å². The summed E-state index contributed by atoms with van der Waals surface area (Å²) in [5.74, 6) is 0. The molecular weight excluding hydrogens is 577 g/mol. The highest BCUT2D eigenvalue weighted by Crippen LogP contribution is 2.43. The van der Waals surface area contributed by atoms with Crippen molar-refractivity contribution in [2.75, 3.05) is 0 Å². The molecule has 0 N–H and O–H groups in total. The summed E-state index contributed by atoms with van der Waals surface area (Å²) in [6.07, 6.45) is 0. The molecule has 0 aliphatic rings. The molecule has 0 radical (unpaired) electrons. The second kappa shape index (κ2) is 10.7. The van der Waals surface area contributed by atoms with E-state index in [4.69, 9.17) is 0 Å². The van der Waals surface area contributed by atoms with Crippen LogP contribution in [-0.2, 0) is 0 Å². The van der Waals surface area contributed by atoms with E-state index in [1.54, 1.807) is 0 Å². The zero-order valence-corrected chi connectivity index (χ0v) is 26.3. The first-order valence-corrected chi connectivity index (χ1v) is 16.7. The molecule has 0 fully saturated rings. The minimum absolute atomic E-state index is 1.23. The molecule has 0 unspecified atom stereocenters. The fourth-order valence-electron chi connectivity index (χ4n) is 8.00. The van der Waals surface area contributed by atoms with E-state index in [0.717, 1.165) is 0 Å². The highest BCUT2D eigenvalue weighted by atomic mass is 14.2. The van der Waals surface area contributed by atoms with E-state index in [9.17, 15) is 0 Å². The molecule has 10 aromatic rings. The molecule has 0 amide bonds. The summed E-state index contributed by atoms with van der Waals surface area (Å²) in [7, 11) is 0. The highest BCUT2D eigenvalue weighted by Gasteiger charge is 2.16. The third kappa shape index (κ3) is 4.10. The van der Waals surface area contributed by atoms with Crippen LogP contribution in [0.2, 0.25) is 0 Å². The first-order valence-electron chi connectivity index (χ1n) is 16.7. The first kappa shape index (κ1) is 26.9. The molecule has 10 rings (SSSR count). The standard InChI is InChI=1S/C48H30/c1-3-15-35-31(12-1)14-11-23-38(35)46-30-48-41-20-8-7-19-40(41)45(29-47(48)43-22-10-9-21-42(43)46)33-26-24-32(25-27-33)44-28-34-13-2-4-16-36(34)37-17-5-6-18-39(37)44/h1-30H. The van der Waals surface area contributed by atoms with Crippen molar-refractivity contribution in [3.05, 3.63) is 182 Å². The van der Waals surface area contributed by atoms with Gasteiger partial charge in [-0.25, -0.2) is 0 Å². The lowest BCUT2D eigenvalue weighted by atomic mass is 9.86. The van der Waals surface area contributed by atoms with E-state index in [1.165, 1.54) is 98.0 Å². The van der Waals surface area contributed by atoms with Gasteiger partial charge in [0.05, 0.1) is 0 Å². The predicted octanol–water partition coefficient (Wildman–Crippen LogP) is 13.6. The Balaban J connectivity index is 1.19. The SMILES string of the molecule is c1ccc2c(-c3cc4c5ccccc5c(-c5ccc(-c6cc7ccccc7c7ccccc67)cc5)cc4c4ccccc34)cccc2c1. The number of hydrogen-bond acceptors (Lipinski definition) is 0. The predicted molar refractivity (Wildman–Crippen MR) is 208 cm³/mol.